The molecule has 1 aliphatic heterocycles. The highest BCUT2D eigenvalue weighted by atomic mass is 79.9. The average molecular weight is 345 g/mol. The number of halogens is 1. The monoisotopic (exact) mass is 344 g/mol. The van der Waals surface area contributed by atoms with E-state index in [0.717, 1.165) is 19.6 Å². The fourth-order valence-corrected chi connectivity index (χ4v) is 4.16. The molecule has 1 aliphatic rings. The smallest absolute Gasteiger partial charge is 0.0343 e. The normalized spacial score (nSPS) is 25.7. The summed E-state index contributed by atoms with van der Waals surface area (Å²) in [5, 5.41) is 5.90. The number of nitrogens with one attached hydrogen (secondary N) is 1. The second-order valence-electron chi connectivity index (χ2n) is 6.51. The van der Waals surface area contributed by atoms with Gasteiger partial charge in [0, 0.05) is 41.1 Å². The molecule has 1 fully saturated rings. The first-order valence-corrected chi connectivity index (χ1v) is 8.78. The van der Waals surface area contributed by atoms with Gasteiger partial charge in [-0.3, -0.25) is 4.90 Å². The predicted molar refractivity (Wildman–Crippen MR) is 87.8 cm³/mol. The Bertz CT molecular complexity index is 411. The molecule has 1 saturated heterocycles. The Morgan fingerprint density at radius 3 is 2.74 bits per heavy atom. The SMILES string of the molecule is CCC1CNC(C(C)(C)C)CN1Cc1sccc1Br. The van der Waals surface area contributed by atoms with Crippen molar-refractivity contribution in [2.45, 2.75) is 52.7 Å². The Balaban J connectivity index is 2.08. The summed E-state index contributed by atoms with van der Waals surface area (Å²) in [5.74, 6) is 0. The van der Waals surface area contributed by atoms with E-state index in [1.165, 1.54) is 15.8 Å². The van der Waals surface area contributed by atoms with Crippen molar-refractivity contribution in [1.82, 2.24) is 10.2 Å². The van der Waals surface area contributed by atoms with Gasteiger partial charge in [0.2, 0.25) is 0 Å². The number of piperazine rings is 1. The second-order valence-corrected chi connectivity index (χ2v) is 8.37. The minimum atomic E-state index is 0.323. The van der Waals surface area contributed by atoms with Gasteiger partial charge in [-0.05, 0) is 39.2 Å². The van der Waals surface area contributed by atoms with Crippen LogP contribution in [0.15, 0.2) is 15.9 Å². The van der Waals surface area contributed by atoms with Crippen molar-refractivity contribution in [3.63, 3.8) is 0 Å². The van der Waals surface area contributed by atoms with Gasteiger partial charge in [-0.2, -0.15) is 0 Å². The van der Waals surface area contributed by atoms with Gasteiger partial charge in [-0.15, -0.1) is 11.3 Å². The molecule has 2 heterocycles. The fourth-order valence-electron chi connectivity index (χ4n) is 2.65. The third-order valence-corrected chi connectivity index (χ3v) is 6.00. The van der Waals surface area contributed by atoms with Gasteiger partial charge in [-0.25, -0.2) is 0 Å². The van der Waals surface area contributed by atoms with E-state index in [1.807, 2.05) is 11.3 Å². The summed E-state index contributed by atoms with van der Waals surface area (Å²) >= 11 is 5.51. The molecule has 1 N–H and O–H groups in total. The zero-order valence-electron chi connectivity index (χ0n) is 12.4. The van der Waals surface area contributed by atoms with Gasteiger partial charge in [0.05, 0.1) is 0 Å². The van der Waals surface area contributed by atoms with Crippen LogP contribution in [0.25, 0.3) is 0 Å². The lowest BCUT2D eigenvalue weighted by Crippen LogP contribution is -2.59. The molecule has 2 nitrogen and oxygen atoms in total. The average Bonchev–Trinajstić information content (AvgIpc) is 2.74. The molecule has 19 heavy (non-hydrogen) atoms. The molecule has 0 amide bonds. The molecule has 0 spiro atoms. The first kappa shape index (κ1) is 15.5. The highest BCUT2D eigenvalue weighted by Gasteiger charge is 2.33. The summed E-state index contributed by atoms with van der Waals surface area (Å²) in [6, 6.07) is 3.39. The van der Waals surface area contributed by atoms with Crippen LogP contribution in [0.5, 0.6) is 0 Å². The highest BCUT2D eigenvalue weighted by molar-refractivity contribution is 9.10. The van der Waals surface area contributed by atoms with Gasteiger partial charge in [0.15, 0.2) is 0 Å². The molecule has 0 radical (unpaired) electrons. The summed E-state index contributed by atoms with van der Waals surface area (Å²) < 4.78 is 1.26. The number of nitrogens with zero attached hydrogens (tertiary/aromatic N) is 1. The van der Waals surface area contributed by atoms with Crippen molar-refractivity contribution >= 4 is 27.3 Å². The third kappa shape index (κ3) is 3.81. The van der Waals surface area contributed by atoms with Gasteiger partial charge in [-0.1, -0.05) is 27.7 Å². The van der Waals surface area contributed by atoms with E-state index >= 15 is 0 Å². The van der Waals surface area contributed by atoms with Gasteiger partial charge in [0.25, 0.3) is 0 Å². The van der Waals surface area contributed by atoms with E-state index in [9.17, 15) is 0 Å². The van der Waals surface area contributed by atoms with Gasteiger partial charge in [0.1, 0.15) is 0 Å². The molecule has 0 aliphatic carbocycles. The Kier molecular flexibility index (Phi) is 5.09. The van der Waals surface area contributed by atoms with Crippen LogP contribution in [0.1, 0.15) is 39.0 Å². The minimum Gasteiger partial charge on any atom is -0.311 e. The molecule has 2 rings (SSSR count). The topological polar surface area (TPSA) is 15.3 Å². The molecule has 1 aromatic heterocycles. The van der Waals surface area contributed by atoms with Crippen LogP contribution in [0.3, 0.4) is 0 Å². The van der Waals surface area contributed by atoms with Crippen molar-refractivity contribution in [3.05, 3.63) is 20.8 Å². The molecule has 0 saturated carbocycles. The molecule has 4 heteroatoms. The lowest BCUT2D eigenvalue weighted by Gasteiger charge is -2.44. The first-order chi connectivity index (χ1) is 8.91. The van der Waals surface area contributed by atoms with Crippen LogP contribution in [0.2, 0.25) is 0 Å². The molecule has 1 aromatic rings. The zero-order chi connectivity index (χ0) is 14.0. The standard InChI is InChI=1S/C15H25BrN2S/c1-5-11-8-17-14(15(2,3)4)10-18(11)9-13-12(16)6-7-19-13/h6-7,11,14,17H,5,8-10H2,1-4H3. The molecule has 108 valence electrons. The second kappa shape index (κ2) is 6.25. The largest absolute Gasteiger partial charge is 0.311 e. The summed E-state index contributed by atoms with van der Waals surface area (Å²) in [4.78, 5) is 4.11. The van der Waals surface area contributed by atoms with Gasteiger partial charge >= 0.3 is 0 Å². The molecule has 0 bridgehead atoms. The van der Waals surface area contributed by atoms with E-state index < -0.39 is 0 Å². The molecular formula is C15H25BrN2S. The quantitative estimate of drug-likeness (QED) is 0.887. The van der Waals surface area contributed by atoms with Crippen molar-refractivity contribution in [1.29, 1.82) is 0 Å². The van der Waals surface area contributed by atoms with Crippen molar-refractivity contribution in [2.24, 2.45) is 5.41 Å². The number of hydrogen-bond acceptors (Lipinski definition) is 3. The summed E-state index contributed by atoms with van der Waals surface area (Å²) in [5.41, 5.74) is 0.323. The molecule has 2 atom stereocenters. The number of rotatable bonds is 3. The predicted octanol–water partition coefficient (Wildman–Crippen LogP) is 4.11. The van der Waals surface area contributed by atoms with E-state index in [-0.39, 0.29) is 0 Å². The summed E-state index contributed by atoms with van der Waals surface area (Å²) in [6.07, 6.45) is 1.22. The fraction of sp³-hybridized carbons (Fsp3) is 0.733. The Morgan fingerprint density at radius 1 is 1.47 bits per heavy atom. The van der Waals surface area contributed by atoms with Crippen LogP contribution in [0.4, 0.5) is 0 Å². The van der Waals surface area contributed by atoms with Crippen molar-refractivity contribution in [2.75, 3.05) is 13.1 Å². The minimum absolute atomic E-state index is 0.323. The van der Waals surface area contributed by atoms with E-state index in [0.29, 0.717) is 17.5 Å². The number of hydrogen-bond donors (Lipinski definition) is 1. The van der Waals surface area contributed by atoms with Gasteiger partial charge < -0.3 is 5.32 Å². The van der Waals surface area contributed by atoms with Crippen LogP contribution in [0, 0.1) is 5.41 Å². The Labute approximate surface area is 129 Å². The molecule has 0 aromatic carbocycles. The Hall–Kier alpha value is 0.100. The van der Waals surface area contributed by atoms with Crippen LogP contribution >= 0.6 is 27.3 Å². The zero-order valence-corrected chi connectivity index (χ0v) is 14.8. The van der Waals surface area contributed by atoms with Crippen LogP contribution < -0.4 is 5.32 Å². The molecule has 2 unspecified atom stereocenters. The summed E-state index contributed by atoms with van der Waals surface area (Å²) in [7, 11) is 0. The van der Waals surface area contributed by atoms with Crippen molar-refractivity contribution < 1.29 is 0 Å². The highest BCUT2D eigenvalue weighted by Crippen LogP contribution is 2.29. The van der Waals surface area contributed by atoms with E-state index in [1.54, 1.807) is 0 Å². The maximum absolute atomic E-state index is 3.73. The third-order valence-electron chi connectivity index (χ3n) is 4.09. The van der Waals surface area contributed by atoms with Crippen molar-refractivity contribution in [3.8, 4) is 0 Å². The number of thiophene rings is 1. The lowest BCUT2D eigenvalue weighted by molar-refractivity contribution is 0.0782. The summed E-state index contributed by atoms with van der Waals surface area (Å²) in [6.45, 7) is 12.6. The van der Waals surface area contributed by atoms with E-state index in [4.69, 9.17) is 0 Å². The lowest BCUT2D eigenvalue weighted by atomic mass is 9.84. The van der Waals surface area contributed by atoms with E-state index in [2.05, 4.69) is 65.3 Å². The van der Waals surface area contributed by atoms with Crippen LogP contribution in [-0.4, -0.2) is 30.1 Å². The maximum Gasteiger partial charge on any atom is 0.0343 e. The Morgan fingerprint density at radius 2 is 2.21 bits per heavy atom. The van der Waals surface area contributed by atoms with Crippen LogP contribution in [-0.2, 0) is 6.54 Å². The molecular weight excluding hydrogens is 320 g/mol. The maximum atomic E-state index is 3.73. The first-order valence-electron chi connectivity index (χ1n) is 7.11.